The van der Waals surface area contributed by atoms with Gasteiger partial charge >= 0.3 is 6.03 Å². The molecule has 9 heteroatoms. The van der Waals surface area contributed by atoms with Crippen LogP contribution in [0.2, 0.25) is 0 Å². The highest BCUT2D eigenvalue weighted by molar-refractivity contribution is 9.10. The summed E-state index contributed by atoms with van der Waals surface area (Å²) in [7, 11) is 0. The zero-order valence-electron chi connectivity index (χ0n) is 13.7. The van der Waals surface area contributed by atoms with E-state index in [2.05, 4.69) is 26.6 Å². The SMILES string of the molecule is O=C1NC(=O)C(CN2Cc3cc(F)c(F)cc3C2=O)(c2ccc(Br)cc2)N1. The first-order valence-electron chi connectivity index (χ1n) is 7.97. The van der Waals surface area contributed by atoms with Crippen molar-refractivity contribution in [3.05, 3.63) is 69.2 Å². The predicted octanol–water partition coefficient (Wildman–Crippen LogP) is 2.42. The molecule has 0 aliphatic carbocycles. The highest BCUT2D eigenvalue weighted by atomic mass is 79.9. The van der Waals surface area contributed by atoms with Crippen LogP contribution in [0.15, 0.2) is 40.9 Å². The van der Waals surface area contributed by atoms with Gasteiger partial charge in [-0.3, -0.25) is 14.9 Å². The van der Waals surface area contributed by atoms with Crippen molar-refractivity contribution in [1.82, 2.24) is 15.5 Å². The summed E-state index contributed by atoms with van der Waals surface area (Å²) in [6.45, 7) is -0.171. The van der Waals surface area contributed by atoms with Gasteiger partial charge in [0.25, 0.3) is 11.8 Å². The van der Waals surface area contributed by atoms with Gasteiger partial charge in [0.05, 0.1) is 6.54 Å². The van der Waals surface area contributed by atoms with Gasteiger partial charge < -0.3 is 10.2 Å². The fraction of sp³-hybridized carbons (Fsp3) is 0.167. The molecule has 1 fully saturated rings. The van der Waals surface area contributed by atoms with Crippen LogP contribution < -0.4 is 10.6 Å². The third kappa shape index (κ3) is 2.78. The summed E-state index contributed by atoms with van der Waals surface area (Å²) < 4.78 is 27.8. The van der Waals surface area contributed by atoms with Gasteiger partial charge in [-0.25, -0.2) is 13.6 Å². The molecule has 0 spiro atoms. The molecular formula is C18H12BrF2N3O3. The summed E-state index contributed by atoms with van der Waals surface area (Å²) in [6.07, 6.45) is 0. The molecule has 4 rings (SSSR count). The van der Waals surface area contributed by atoms with Gasteiger partial charge in [0.1, 0.15) is 0 Å². The molecule has 138 valence electrons. The van der Waals surface area contributed by atoms with Crippen LogP contribution in [-0.4, -0.2) is 29.3 Å². The molecule has 0 bridgehead atoms. The van der Waals surface area contributed by atoms with Crippen molar-refractivity contribution >= 4 is 33.8 Å². The van der Waals surface area contributed by atoms with Crippen molar-refractivity contribution in [2.75, 3.05) is 6.54 Å². The third-order valence-corrected chi connectivity index (χ3v) is 5.26. The molecule has 0 aromatic heterocycles. The quantitative estimate of drug-likeness (QED) is 0.726. The molecule has 2 aliphatic rings. The maximum atomic E-state index is 13.5. The summed E-state index contributed by atoms with van der Waals surface area (Å²) >= 11 is 3.31. The first-order valence-corrected chi connectivity index (χ1v) is 8.76. The Hall–Kier alpha value is -2.81. The van der Waals surface area contributed by atoms with Crippen molar-refractivity contribution < 1.29 is 23.2 Å². The predicted molar refractivity (Wildman–Crippen MR) is 93.6 cm³/mol. The lowest BCUT2D eigenvalue weighted by atomic mass is 9.89. The molecular weight excluding hydrogens is 424 g/mol. The second kappa shape index (κ2) is 6.12. The lowest BCUT2D eigenvalue weighted by Gasteiger charge is -2.31. The normalized spacial score (nSPS) is 21.3. The van der Waals surface area contributed by atoms with Gasteiger partial charge in [-0.1, -0.05) is 28.1 Å². The number of imide groups is 1. The highest BCUT2D eigenvalue weighted by Crippen LogP contribution is 2.32. The van der Waals surface area contributed by atoms with E-state index < -0.39 is 35.0 Å². The maximum Gasteiger partial charge on any atom is 0.322 e. The molecule has 2 N–H and O–H groups in total. The van der Waals surface area contributed by atoms with Gasteiger partial charge in [0.15, 0.2) is 17.2 Å². The minimum atomic E-state index is -1.49. The van der Waals surface area contributed by atoms with Gasteiger partial charge in [0.2, 0.25) is 0 Å². The number of carbonyl (C=O) groups is 3. The summed E-state index contributed by atoms with van der Waals surface area (Å²) in [5, 5.41) is 4.78. The Balaban J connectivity index is 1.72. The molecule has 0 saturated carbocycles. The summed E-state index contributed by atoms with van der Waals surface area (Å²) in [4.78, 5) is 38.4. The number of benzene rings is 2. The van der Waals surface area contributed by atoms with Gasteiger partial charge in [-0.05, 0) is 35.4 Å². The monoisotopic (exact) mass is 435 g/mol. The first kappa shape index (κ1) is 17.6. The largest absolute Gasteiger partial charge is 0.331 e. The molecule has 6 nitrogen and oxygen atoms in total. The Bertz CT molecular complexity index is 996. The molecule has 1 saturated heterocycles. The number of fused-ring (bicyclic) bond motifs is 1. The number of rotatable bonds is 3. The lowest BCUT2D eigenvalue weighted by Crippen LogP contribution is -2.52. The van der Waals surface area contributed by atoms with E-state index in [0.717, 1.165) is 16.6 Å². The fourth-order valence-electron chi connectivity index (χ4n) is 3.41. The van der Waals surface area contributed by atoms with E-state index in [1.807, 2.05) is 0 Å². The van der Waals surface area contributed by atoms with Gasteiger partial charge in [-0.2, -0.15) is 0 Å². The minimum Gasteiger partial charge on any atom is -0.331 e. The van der Waals surface area contributed by atoms with Crippen LogP contribution in [0.5, 0.6) is 0 Å². The smallest absolute Gasteiger partial charge is 0.322 e. The molecule has 1 atom stereocenters. The standard InChI is InChI=1S/C18H12BrF2N3O3/c19-11-3-1-10(2-4-11)18(16(26)22-17(27)23-18)8-24-7-9-5-13(20)14(21)6-12(9)15(24)25/h1-6H,7-8H2,(H2,22,23,26,27). The van der Waals surface area contributed by atoms with E-state index >= 15 is 0 Å². The van der Waals surface area contributed by atoms with Crippen LogP contribution in [0.4, 0.5) is 13.6 Å². The molecule has 4 amide bonds. The number of halogens is 3. The Labute approximate surface area is 160 Å². The van der Waals surface area contributed by atoms with Crippen molar-refractivity contribution in [2.24, 2.45) is 0 Å². The molecule has 2 aromatic rings. The van der Waals surface area contributed by atoms with Crippen LogP contribution in [0.1, 0.15) is 21.5 Å². The Morgan fingerprint density at radius 1 is 1.07 bits per heavy atom. The lowest BCUT2D eigenvalue weighted by molar-refractivity contribution is -0.124. The van der Waals surface area contributed by atoms with Gasteiger partial charge in [-0.15, -0.1) is 0 Å². The number of amides is 4. The highest BCUT2D eigenvalue weighted by Gasteiger charge is 2.50. The Morgan fingerprint density at radius 3 is 2.37 bits per heavy atom. The summed E-state index contributed by atoms with van der Waals surface area (Å²) in [6, 6.07) is 7.88. The maximum absolute atomic E-state index is 13.5. The van der Waals surface area contributed by atoms with E-state index in [-0.39, 0.29) is 18.7 Å². The number of nitrogens with one attached hydrogen (secondary N) is 2. The van der Waals surface area contributed by atoms with E-state index in [1.165, 1.54) is 4.90 Å². The average molecular weight is 436 g/mol. The average Bonchev–Trinajstić information content (AvgIpc) is 3.06. The second-order valence-corrected chi connectivity index (χ2v) is 7.32. The van der Waals surface area contributed by atoms with Crippen molar-refractivity contribution in [2.45, 2.75) is 12.1 Å². The van der Waals surface area contributed by atoms with Crippen LogP contribution in [0, 0.1) is 11.6 Å². The molecule has 0 radical (unpaired) electrons. The number of urea groups is 1. The number of carbonyl (C=O) groups excluding carboxylic acids is 3. The van der Waals surface area contributed by atoms with E-state index in [4.69, 9.17) is 0 Å². The van der Waals surface area contributed by atoms with E-state index in [9.17, 15) is 23.2 Å². The third-order valence-electron chi connectivity index (χ3n) is 4.73. The molecule has 27 heavy (non-hydrogen) atoms. The minimum absolute atomic E-state index is 0.00674. The topological polar surface area (TPSA) is 78.5 Å². The number of nitrogens with zero attached hydrogens (tertiary/aromatic N) is 1. The number of hydrogen-bond donors (Lipinski definition) is 2. The molecule has 2 aliphatic heterocycles. The van der Waals surface area contributed by atoms with Crippen LogP contribution in [0.25, 0.3) is 0 Å². The molecule has 1 unspecified atom stereocenters. The van der Waals surface area contributed by atoms with Crippen molar-refractivity contribution in [3.63, 3.8) is 0 Å². The zero-order chi connectivity index (χ0) is 19.3. The summed E-state index contributed by atoms with van der Waals surface area (Å²) in [5.41, 5.74) is -0.638. The van der Waals surface area contributed by atoms with Gasteiger partial charge in [0, 0.05) is 16.6 Å². The van der Waals surface area contributed by atoms with Crippen LogP contribution >= 0.6 is 15.9 Å². The first-order chi connectivity index (χ1) is 12.8. The van der Waals surface area contributed by atoms with E-state index in [0.29, 0.717) is 11.1 Å². The number of hydrogen-bond acceptors (Lipinski definition) is 3. The van der Waals surface area contributed by atoms with E-state index in [1.54, 1.807) is 24.3 Å². The molecule has 2 heterocycles. The Kier molecular flexibility index (Phi) is 3.99. The van der Waals surface area contributed by atoms with Crippen LogP contribution in [0.3, 0.4) is 0 Å². The Morgan fingerprint density at radius 2 is 1.74 bits per heavy atom. The second-order valence-electron chi connectivity index (χ2n) is 6.41. The van der Waals surface area contributed by atoms with Crippen molar-refractivity contribution in [3.8, 4) is 0 Å². The fourth-order valence-corrected chi connectivity index (χ4v) is 3.68. The zero-order valence-corrected chi connectivity index (χ0v) is 15.3. The van der Waals surface area contributed by atoms with Crippen molar-refractivity contribution in [1.29, 1.82) is 0 Å². The summed E-state index contributed by atoms with van der Waals surface area (Å²) in [5.74, 6) is -3.29. The van der Waals surface area contributed by atoms with Crippen LogP contribution in [-0.2, 0) is 16.9 Å². The molecule has 2 aromatic carbocycles.